The van der Waals surface area contributed by atoms with E-state index < -0.39 is 5.91 Å². The van der Waals surface area contributed by atoms with Crippen LogP contribution in [0.3, 0.4) is 0 Å². The third-order valence-corrected chi connectivity index (χ3v) is 2.30. The zero-order chi connectivity index (χ0) is 13.5. The molecule has 6 nitrogen and oxygen atoms in total. The Bertz CT molecular complexity index is 451. The van der Waals surface area contributed by atoms with Crippen LogP contribution in [0, 0.1) is 6.92 Å². The van der Waals surface area contributed by atoms with Gasteiger partial charge in [-0.3, -0.25) is 4.79 Å². The molecule has 0 aromatic carbocycles. The van der Waals surface area contributed by atoms with Crippen LogP contribution in [0.5, 0.6) is 0 Å². The van der Waals surface area contributed by atoms with E-state index in [2.05, 4.69) is 10.3 Å². The number of thiocarbonyl (C=S) groups is 1. The molecule has 1 rings (SSSR count). The van der Waals surface area contributed by atoms with Gasteiger partial charge in [0.15, 0.2) is 0 Å². The number of hydrogen-bond acceptors (Lipinski definition) is 5. The number of hydrogen-bond donors (Lipinski definition) is 3. The molecule has 0 atom stereocenters. The van der Waals surface area contributed by atoms with Gasteiger partial charge in [-0.15, -0.1) is 0 Å². The fourth-order valence-electron chi connectivity index (χ4n) is 1.30. The van der Waals surface area contributed by atoms with Crippen molar-refractivity contribution < 1.29 is 9.53 Å². The Morgan fingerprint density at radius 1 is 1.50 bits per heavy atom. The van der Waals surface area contributed by atoms with E-state index in [1.54, 1.807) is 0 Å². The Hall–Kier alpha value is -1.73. The van der Waals surface area contributed by atoms with Gasteiger partial charge in [-0.2, -0.15) is 0 Å². The number of primary amides is 1. The second-order valence-electron chi connectivity index (χ2n) is 3.66. The topological polar surface area (TPSA) is 103 Å². The van der Waals surface area contributed by atoms with Gasteiger partial charge in [0.05, 0.1) is 12.2 Å². The highest BCUT2D eigenvalue weighted by molar-refractivity contribution is 7.80. The van der Waals surface area contributed by atoms with Gasteiger partial charge < -0.3 is 21.5 Å². The third-order valence-electron chi connectivity index (χ3n) is 2.08. The fourth-order valence-corrected chi connectivity index (χ4v) is 1.47. The summed E-state index contributed by atoms with van der Waals surface area (Å²) < 4.78 is 5.02. The molecule has 1 aromatic heterocycles. The number of aryl methyl sites for hydroxylation is 1. The normalized spacial score (nSPS) is 10.1. The van der Waals surface area contributed by atoms with Gasteiger partial charge in [-0.25, -0.2) is 4.98 Å². The van der Waals surface area contributed by atoms with Gasteiger partial charge in [-0.1, -0.05) is 12.2 Å². The minimum atomic E-state index is -0.493. The van der Waals surface area contributed by atoms with Crippen molar-refractivity contribution >= 4 is 28.9 Å². The average Bonchev–Trinajstić information content (AvgIpc) is 2.27. The Kier molecular flexibility index (Phi) is 5.47. The summed E-state index contributed by atoms with van der Waals surface area (Å²) in [5, 5.41) is 3.05. The predicted octanol–water partition coefficient (Wildman–Crippen LogP) is -0.0620. The monoisotopic (exact) mass is 268 g/mol. The van der Waals surface area contributed by atoms with E-state index in [4.69, 9.17) is 28.4 Å². The van der Waals surface area contributed by atoms with E-state index in [-0.39, 0.29) is 11.6 Å². The molecule has 0 unspecified atom stereocenters. The number of nitrogens with two attached hydrogens (primary N) is 2. The first-order chi connectivity index (χ1) is 8.50. The fraction of sp³-hybridized carbons (Fsp3) is 0.364. The summed E-state index contributed by atoms with van der Waals surface area (Å²) in [4.78, 5) is 15.0. The lowest BCUT2D eigenvalue weighted by molar-refractivity contribution is -0.122. The molecule has 18 heavy (non-hydrogen) atoms. The number of nitrogens with one attached hydrogen (secondary N) is 1. The molecule has 1 amide bonds. The molecule has 0 aliphatic carbocycles. The van der Waals surface area contributed by atoms with Crippen molar-refractivity contribution in [1.82, 2.24) is 4.98 Å². The summed E-state index contributed by atoms with van der Waals surface area (Å²) in [6.45, 7) is 2.61. The van der Waals surface area contributed by atoms with E-state index in [0.717, 1.165) is 5.69 Å². The van der Waals surface area contributed by atoms with Crippen molar-refractivity contribution in [2.45, 2.75) is 6.92 Å². The second kappa shape index (κ2) is 6.87. The van der Waals surface area contributed by atoms with Crippen LogP contribution >= 0.6 is 12.2 Å². The molecule has 5 N–H and O–H groups in total. The number of rotatable bonds is 7. The molecule has 0 saturated heterocycles. The van der Waals surface area contributed by atoms with Crippen LogP contribution in [-0.2, 0) is 9.53 Å². The third kappa shape index (κ3) is 4.64. The van der Waals surface area contributed by atoms with E-state index in [9.17, 15) is 4.79 Å². The molecule has 0 aliphatic rings. The van der Waals surface area contributed by atoms with Crippen LogP contribution in [0.2, 0.25) is 0 Å². The van der Waals surface area contributed by atoms with E-state index in [1.807, 2.05) is 19.1 Å². The zero-order valence-electron chi connectivity index (χ0n) is 10.1. The highest BCUT2D eigenvalue weighted by atomic mass is 32.1. The van der Waals surface area contributed by atoms with Crippen molar-refractivity contribution in [2.24, 2.45) is 11.5 Å². The van der Waals surface area contributed by atoms with Crippen molar-refractivity contribution in [3.05, 3.63) is 23.4 Å². The van der Waals surface area contributed by atoms with Crippen molar-refractivity contribution in [3.63, 3.8) is 0 Å². The van der Waals surface area contributed by atoms with Crippen molar-refractivity contribution in [1.29, 1.82) is 0 Å². The van der Waals surface area contributed by atoms with Crippen LogP contribution in [0.4, 0.5) is 5.82 Å². The summed E-state index contributed by atoms with van der Waals surface area (Å²) >= 11 is 4.93. The van der Waals surface area contributed by atoms with Crippen LogP contribution in [0.15, 0.2) is 12.1 Å². The van der Waals surface area contributed by atoms with Gasteiger partial charge in [0.25, 0.3) is 0 Å². The van der Waals surface area contributed by atoms with Gasteiger partial charge in [0.2, 0.25) is 5.91 Å². The summed E-state index contributed by atoms with van der Waals surface area (Å²) in [5.41, 5.74) is 12.1. The van der Waals surface area contributed by atoms with Gasteiger partial charge in [0, 0.05) is 12.2 Å². The maximum atomic E-state index is 10.5. The van der Waals surface area contributed by atoms with E-state index in [1.165, 1.54) is 0 Å². The maximum Gasteiger partial charge on any atom is 0.243 e. The highest BCUT2D eigenvalue weighted by Gasteiger charge is 2.06. The lowest BCUT2D eigenvalue weighted by atomic mass is 10.2. The number of carbonyl (C=O) groups is 1. The Balaban J connectivity index is 2.53. The Labute approximate surface area is 111 Å². The average molecular weight is 268 g/mol. The number of amides is 1. The molecule has 1 aromatic rings. The smallest absolute Gasteiger partial charge is 0.243 e. The van der Waals surface area contributed by atoms with Crippen LogP contribution in [-0.4, -0.2) is 35.6 Å². The molecule has 0 saturated carbocycles. The maximum absolute atomic E-state index is 10.5. The van der Waals surface area contributed by atoms with Gasteiger partial charge in [-0.05, 0) is 19.1 Å². The molecule has 98 valence electrons. The number of aromatic nitrogens is 1. The molecule has 0 fully saturated rings. The van der Waals surface area contributed by atoms with Crippen LogP contribution in [0.1, 0.15) is 11.3 Å². The minimum absolute atomic E-state index is 0.0922. The molecular formula is C11H16N4O2S. The quantitative estimate of drug-likeness (QED) is 0.473. The number of nitrogens with zero attached hydrogens (tertiary/aromatic N) is 1. The number of carbonyl (C=O) groups excluding carboxylic acids is 1. The molecule has 0 aliphatic heterocycles. The molecule has 0 radical (unpaired) electrons. The molecule has 0 spiro atoms. The first-order valence-corrected chi connectivity index (χ1v) is 5.79. The van der Waals surface area contributed by atoms with Crippen LogP contribution < -0.4 is 16.8 Å². The van der Waals surface area contributed by atoms with Gasteiger partial charge >= 0.3 is 0 Å². The van der Waals surface area contributed by atoms with E-state index in [0.29, 0.717) is 24.5 Å². The van der Waals surface area contributed by atoms with Crippen LogP contribution in [0.25, 0.3) is 0 Å². The number of pyridine rings is 1. The Morgan fingerprint density at radius 2 is 2.22 bits per heavy atom. The molecule has 1 heterocycles. The largest absolute Gasteiger partial charge is 0.389 e. The molecule has 0 bridgehead atoms. The number of anilines is 1. The zero-order valence-corrected chi connectivity index (χ0v) is 10.9. The highest BCUT2D eigenvalue weighted by Crippen LogP contribution is 2.12. The minimum Gasteiger partial charge on any atom is -0.389 e. The first-order valence-electron chi connectivity index (χ1n) is 5.38. The molecular weight excluding hydrogens is 252 g/mol. The van der Waals surface area contributed by atoms with Crippen molar-refractivity contribution in [3.8, 4) is 0 Å². The molecule has 7 heteroatoms. The first kappa shape index (κ1) is 14.3. The summed E-state index contributed by atoms with van der Waals surface area (Å²) in [5.74, 6) is 0.123. The summed E-state index contributed by atoms with van der Waals surface area (Å²) in [7, 11) is 0. The Morgan fingerprint density at radius 3 is 2.83 bits per heavy atom. The van der Waals surface area contributed by atoms with Crippen molar-refractivity contribution in [2.75, 3.05) is 25.1 Å². The lowest BCUT2D eigenvalue weighted by Gasteiger charge is -2.10. The summed E-state index contributed by atoms with van der Waals surface area (Å²) in [6.07, 6.45) is 0. The van der Waals surface area contributed by atoms with E-state index >= 15 is 0 Å². The SMILES string of the molecule is Cc1ccc(C(N)=S)c(NCCOCC(N)=O)n1. The lowest BCUT2D eigenvalue weighted by Crippen LogP contribution is -2.21. The van der Waals surface area contributed by atoms with Gasteiger partial charge in [0.1, 0.15) is 17.4 Å². The number of ether oxygens (including phenoxy) is 1. The summed E-state index contributed by atoms with van der Waals surface area (Å²) in [6, 6.07) is 3.65. The predicted molar refractivity (Wildman–Crippen MR) is 73.4 cm³/mol. The second-order valence-corrected chi connectivity index (χ2v) is 4.10. The standard InChI is InChI=1S/C11H16N4O2S/c1-7-2-3-8(10(13)18)11(15-7)14-4-5-17-6-9(12)16/h2-3H,4-6H2,1H3,(H2,12,16)(H2,13,18)(H,14,15).